The molecule has 0 spiro atoms. The summed E-state index contributed by atoms with van der Waals surface area (Å²) in [5.41, 5.74) is 0.110. The van der Waals surface area contributed by atoms with Gasteiger partial charge in [-0.25, -0.2) is 9.18 Å². The lowest BCUT2D eigenvalue weighted by Gasteiger charge is -2.23. The molecule has 0 saturated carbocycles. The molecule has 0 fully saturated rings. The molecule has 2 rings (SSSR count). The second-order valence-electron chi connectivity index (χ2n) is 7.00. The minimum atomic E-state index is -0.947. The Bertz CT molecular complexity index is 807. The summed E-state index contributed by atoms with van der Waals surface area (Å²) in [6.45, 7) is 5.17. The van der Waals surface area contributed by atoms with E-state index in [0.29, 0.717) is 0 Å². The largest absolute Gasteiger partial charge is 0.444 e. The van der Waals surface area contributed by atoms with Crippen LogP contribution in [-0.4, -0.2) is 23.6 Å². The summed E-state index contributed by atoms with van der Waals surface area (Å²) < 4.78 is 19.2. The molecular weight excluding hydrogens is 371 g/mol. The van der Waals surface area contributed by atoms with Crippen molar-refractivity contribution in [3.05, 3.63) is 64.9 Å². The van der Waals surface area contributed by atoms with Gasteiger partial charge in [-0.2, -0.15) is 0 Å². The highest BCUT2D eigenvalue weighted by molar-refractivity contribution is 6.30. The van der Waals surface area contributed by atoms with Gasteiger partial charge in [0.2, 0.25) is 5.91 Å². The molecule has 2 amide bonds. The Kier molecular flexibility index (Phi) is 6.80. The number of anilines is 1. The van der Waals surface area contributed by atoms with Crippen LogP contribution in [0.1, 0.15) is 26.3 Å². The Balaban J connectivity index is 2.16. The highest BCUT2D eigenvalue weighted by atomic mass is 35.5. The molecule has 2 N–H and O–H groups in total. The van der Waals surface area contributed by atoms with Crippen LogP contribution >= 0.6 is 11.6 Å². The number of halogens is 2. The lowest BCUT2D eigenvalue weighted by molar-refractivity contribution is -0.118. The van der Waals surface area contributed by atoms with Crippen LogP contribution in [-0.2, 0) is 16.0 Å². The molecule has 0 aliphatic heterocycles. The van der Waals surface area contributed by atoms with Crippen LogP contribution in [0, 0.1) is 5.82 Å². The number of benzene rings is 2. The molecule has 2 aromatic rings. The molecule has 0 heterocycles. The first-order chi connectivity index (χ1) is 12.6. The lowest BCUT2D eigenvalue weighted by Crippen LogP contribution is -2.47. The number of hydrogen-bond donors (Lipinski definition) is 2. The Morgan fingerprint density at radius 2 is 1.81 bits per heavy atom. The summed E-state index contributed by atoms with van der Waals surface area (Å²) in [6, 6.07) is 12.2. The fourth-order valence-corrected chi connectivity index (χ4v) is 2.48. The maximum absolute atomic E-state index is 14.0. The molecule has 5 nitrogen and oxygen atoms in total. The van der Waals surface area contributed by atoms with Gasteiger partial charge in [0.1, 0.15) is 17.5 Å². The molecule has 7 heteroatoms. The van der Waals surface area contributed by atoms with Crippen molar-refractivity contribution >= 4 is 29.3 Å². The maximum atomic E-state index is 14.0. The lowest BCUT2D eigenvalue weighted by atomic mass is 10.1. The van der Waals surface area contributed by atoms with E-state index < -0.39 is 29.5 Å². The van der Waals surface area contributed by atoms with E-state index in [9.17, 15) is 14.0 Å². The molecule has 1 atom stereocenters. The quantitative estimate of drug-likeness (QED) is 0.784. The van der Waals surface area contributed by atoms with Crippen molar-refractivity contribution in [2.45, 2.75) is 38.8 Å². The third-order valence-corrected chi connectivity index (χ3v) is 3.71. The molecule has 0 aliphatic carbocycles. The van der Waals surface area contributed by atoms with E-state index >= 15 is 0 Å². The molecule has 0 saturated heterocycles. The van der Waals surface area contributed by atoms with Gasteiger partial charge >= 0.3 is 6.09 Å². The molecule has 0 aromatic heterocycles. The van der Waals surface area contributed by atoms with E-state index in [2.05, 4.69) is 10.6 Å². The number of nitrogens with one attached hydrogen (secondary N) is 2. The molecule has 27 heavy (non-hydrogen) atoms. The van der Waals surface area contributed by atoms with E-state index in [-0.39, 0.29) is 17.1 Å². The zero-order valence-corrected chi connectivity index (χ0v) is 16.1. The molecular formula is C20H22ClFN2O3. The first-order valence-electron chi connectivity index (χ1n) is 8.43. The van der Waals surface area contributed by atoms with Crippen LogP contribution in [0.3, 0.4) is 0 Å². The fraction of sp³-hybridized carbons (Fsp3) is 0.300. The van der Waals surface area contributed by atoms with Crippen molar-refractivity contribution in [2.24, 2.45) is 0 Å². The number of rotatable bonds is 5. The van der Waals surface area contributed by atoms with Gasteiger partial charge in [-0.15, -0.1) is 0 Å². The number of amides is 2. The van der Waals surface area contributed by atoms with Gasteiger partial charge in [-0.05, 0) is 44.5 Å². The smallest absolute Gasteiger partial charge is 0.408 e. The molecule has 0 radical (unpaired) electrons. The SMILES string of the molecule is CC(C)(C)OC(=O)N[C@@H](Cc1ccccc1)C(=O)Nc1ccc(Cl)cc1F. The minimum Gasteiger partial charge on any atom is -0.444 e. The molecule has 2 aromatic carbocycles. The van der Waals surface area contributed by atoms with Crippen molar-refractivity contribution in [1.29, 1.82) is 0 Å². The topological polar surface area (TPSA) is 67.4 Å². The van der Waals surface area contributed by atoms with Gasteiger partial charge in [0, 0.05) is 11.4 Å². The van der Waals surface area contributed by atoms with Crippen LogP contribution in [0.5, 0.6) is 0 Å². The highest BCUT2D eigenvalue weighted by Gasteiger charge is 2.25. The summed E-state index contributed by atoms with van der Waals surface area (Å²) in [4.78, 5) is 24.8. The Morgan fingerprint density at radius 3 is 2.41 bits per heavy atom. The number of ether oxygens (including phenoxy) is 1. The summed E-state index contributed by atoms with van der Waals surface area (Å²) in [6.07, 6.45) is -0.503. The number of hydrogen-bond acceptors (Lipinski definition) is 3. The predicted molar refractivity (Wildman–Crippen MR) is 103 cm³/mol. The van der Waals surface area contributed by atoms with Gasteiger partial charge in [-0.3, -0.25) is 4.79 Å². The molecule has 0 bridgehead atoms. The number of alkyl carbamates (subject to hydrolysis) is 1. The normalized spacial score (nSPS) is 12.2. The average molecular weight is 393 g/mol. The zero-order chi connectivity index (χ0) is 20.0. The Morgan fingerprint density at radius 1 is 1.15 bits per heavy atom. The molecule has 0 aliphatic rings. The Labute approximate surface area is 162 Å². The summed E-state index contributed by atoms with van der Waals surface area (Å²) in [5.74, 6) is -1.22. The van der Waals surface area contributed by atoms with Crippen LogP contribution < -0.4 is 10.6 Å². The second-order valence-corrected chi connectivity index (χ2v) is 7.44. The van der Waals surface area contributed by atoms with E-state index in [1.165, 1.54) is 12.1 Å². The first kappa shape index (κ1) is 20.7. The van der Waals surface area contributed by atoms with Crippen molar-refractivity contribution < 1.29 is 18.7 Å². The van der Waals surface area contributed by atoms with Gasteiger partial charge in [-0.1, -0.05) is 41.9 Å². The van der Waals surface area contributed by atoms with Crippen LogP contribution in [0.2, 0.25) is 5.02 Å². The number of carbonyl (C=O) groups is 2. The van der Waals surface area contributed by atoms with Gasteiger partial charge in [0.15, 0.2) is 0 Å². The predicted octanol–water partition coefficient (Wildman–Crippen LogP) is 4.55. The van der Waals surface area contributed by atoms with E-state index in [1.54, 1.807) is 20.8 Å². The van der Waals surface area contributed by atoms with Crippen molar-refractivity contribution in [3.8, 4) is 0 Å². The summed E-state index contributed by atoms with van der Waals surface area (Å²) >= 11 is 5.73. The summed E-state index contributed by atoms with van der Waals surface area (Å²) in [7, 11) is 0. The van der Waals surface area contributed by atoms with Crippen LogP contribution in [0.25, 0.3) is 0 Å². The third-order valence-electron chi connectivity index (χ3n) is 3.48. The third kappa shape index (κ3) is 6.90. The average Bonchev–Trinajstić information content (AvgIpc) is 2.56. The monoisotopic (exact) mass is 392 g/mol. The van der Waals surface area contributed by atoms with Crippen molar-refractivity contribution in [1.82, 2.24) is 5.32 Å². The molecule has 0 unspecified atom stereocenters. The van der Waals surface area contributed by atoms with Crippen LogP contribution in [0.15, 0.2) is 48.5 Å². The van der Waals surface area contributed by atoms with Crippen LogP contribution in [0.4, 0.5) is 14.9 Å². The van der Waals surface area contributed by atoms with E-state index in [1.807, 2.05) is 30.3 Å². The number of carbonyl (C=O) groups excluding carboxylic acids is 2. The van der Waals surface area contributed by atoms with Gasteiger partial charge < -0.3 is 15.4 Å². The van der Waals surface area contributed by atoms with E-state index in [0.717, 1.165) is 11.6 Å². The van der Waals surface area contributed by atoms with Crippen molar-refractivity contribution in [3.63, 3.8) is 0 Å². The fourth-order valence-electron chi connectivity index (χ4n) is 2.32. The first-order valence-corrected chi connectivity index (χ1v) is 8.81. The standard InChI is InChI=1S/C20H22ClFN2O3/c1-20(2,3)27-19(26)24-17(11-13-7-5-4-6-8-13)18(25)23-16-10-9-14(21)12-15(16)22/h4-10,12,17H,11H2,1-3H3,(H,23,25)(H,24,26)/t17-/m0/s1. The van der Waals surface area contributed by atoms with Crippen molar-refractivity contribution in [2.75, 3.05) is 5.32 Å². The maximum Gasteiger partial charge on any atom is 0.408 e. The Hall–Kier alpha value is -2.60. The highest BCUT2D eigenvalue weighted by Crippen LogP contribution is 2.19. The van der Waals surface area contributed by atoms with E-state index in [4.69, 9.17) is 16.3 Å². The van der Waals surface area contributed by atoms with Gasteiger partial charge in [0.25, 0.3) is 0 Å². The minimum absolute atomic E-state index is 0.0200. The molecule has 144 valence electrons. The second kappa shape index (κ2) is 8.86. The zero-order valence-electron chi connectivity index (χ0n) is 15.4. The summed E-state index contributed by atoms with van der Waals surface area (Å²) in [5, 5.41) is 5.25. The van der Waals surface area contributed by atoms with Gasteiger partial charge in [0.05, 0.1) is 5.69 Å².